The third kappa shape index (κ3) is 4.95. The quantitative estimate of drug-likeness (QED) is 0.297. The lowest BCUT2D eigenvalue weighted by molar-refractivity contribution is -0.138. The van der Waals surface area contributed by atoms with Crippen LogP contribution in [0.5, 0.6) is 0 Å². The standard InChI is InChI=1S/C10H16N2O3/c1-5-15-10(14)8(2)6-9(13)12(4)7-11-3/h6-7H,5H2,1-4H3/b8-6+,11-7?. The van der Waals surface area contributed by atoms with Gasteiger partial charge in [-0.15, -0.1) is 0 Å². The molecule has 0 aromatic rings. The fourth-order valence-electron chi connectivity index (χ4n) is 0.821. The van der Waals surface area contributed by atoms with Crippen molar-refractivity contribution in [3.8, 4) is 0 Å². The Labute approximate surface area is 89.4 Å². The molecular formula is C10H16N2O3. The molecule has 0 aromatic carbocycles. The van der Waals surface area contributed by atoms with Crippen LogP contribution < -0.4 is 0 Å². The lowest BCUT2D eigenvalue weighted by atomic mass is 10.3. The van der Waals surface area contributed by atoms with E-state index in [-0.39, 0.29) is 11.5 Å². The largest absolute Gasteiger partial charge is 0.463 e. The van der Waals surface area contributed by atoms with Crippen LogP contribution in [0.15, 0.2) is 16.6 Å². The summed E-state index contributed by atoms with van der Waals surface area (Å²) >= 11 is 0. The van der Waals surface area contributed by atoms with Crippen molar-refractivity contribution in [2.75, 3.05) is 20.7 Å². The van der Waals surface area contributed by atoms with Crippen molar-refractivity contribution in [3.05, 3.63) is 11.6 Å². The van der Waals surface area contributed by atoms with Crippen LogP contribution in [0, 0.1) is 0 Å². The minimum Gasteiger partial charge on any atom is -0.463 e. The van der Waals surface area contributed by atoms with E-state index in [9.17, 15) is 9.59 Å². The van der Waals surface area contributed by atoms with Crippen LogP contribution in [0.2, 0.25) is 0 Å². The molecular weight excluding hydrogens is 196 g/mol. The van der Waals surface area contributed by atoms with Gasteiger partial charge in [0.1, 0.15) is 0 Å². The fourth-order valence-corrected chi connectivity index (χ4v) is 0.821. The molecule has 0 bridgehead atoms. The normalized spacial score (nSPS) is 11.6. The second kappa shape index (κ2) is 6.75. The van der Waals surface area contributed by atoms with Gasteiger partial charge in [0, 0.05) is 25.7 Å². The molecule has 5 heteroatoms. The van der Waals surface area contributed by atoms with Crippen LogP contribution >= 0.6 is 0 Å². The van der Waals surface area contributed by atoms with E-state index >= 15 is 0 Å². The first kappa shape index (κ1) is 13.4. The lowest BCUT2D eigenvalue weighted by Gasteiger charge is -2.08. The first-order valence-corrected chi connectivity index (χ1v) is 4.57. The maximum absolute atomic E-state index is 11.4. The molecule has 0 N–H and O–H groups in total. The van der Waals surface area contributed by atoms with Gasteiger partial charge in [0.25, 0.3) is 5.91 Å². The third-order valence-electron chi connectivity index (χ3n) is 1.57. The summed E-state index contributed by atoms with van der Waals surface area (Å²) in [5, 5.41) is 0. The first-order chi connectivity index (χ1) is 7.02. The minimum absolute atomic E-state index is 0.276. The van der Waals surface area contributed by atoms with E-state index in [0.717, 1.165) is 0 Å². The van der Waals surface area contributed by atoms with Crippen molar-refractivity contribution < 1.29 is 14.3 Å². The Morgan fingerprint density at radius 1 is 1.47 bits per heavy atom. The number of aliphatic imine (C=N–C) groups is 1. The highest BCUT2D eigenvalue weighted by Crippen LogP contribution is 1.98. The van der Waals surface area contributed by atoms with Crippen LogP contribution in [0.25, 0.3) is 0 Å². The van der Waals surface area contributed by atoms with Crippen LogP contribution in [0.3, 0.4) is 0 Å². The molecule has 0 fully saturated rings. The summed E-state index contributed by atoms with van der Waals surface area (Å²) in [5.41, 5.74) is 0.276. The molecule has 0 rings (SSSR count). The maximum atomic E-state index is 11.4. The summed E-state index contributed by atoms with van der Waals surface area (Å²) in [7, 11) is 3.12. The van der Waals surface area contributed by atoms with E-state index in [1.165, 1.54) is 24.2 Å². The fraction of sp³-hybridized carbons (Fsp3) is 0.500. The molecule has 15 heavy (non-hydrogen) atoms. The highest BCUT2D eigenvalue weighted by atomic mass is 16.5. The van der Waals surface area contributed by atoms with Crippen LogP contribution in [0.1, 0.15) is 13.8 Å². The number of hydrogen-bond acceptors (Lipinski definition) is 4. The van der Waals surface area contributed by atoms with Crippen molar-refractivity contribution in [3.63, 3.8) is 0 Å². The Hall–Kier alpha value is -1.65. The third-order valence-corrected chi connectivity index (χ3v) is 1.57. The summed E-state index contributed by atoms with van der Waals surface area (Å²) in [4.78, 5) is 27.5. The predicted molar refractivity (Wildman–Crippen MR) is 57.6 cm³/mol. The summed E-state index contributed by atoms with van der Waals surface area (Å²) in [6.07, 6.45) is 2.59. The minimum atomic E-state index is -0.479. The van der Waals surface area contributed by atoms with Gasteiger partial charge in [-0.2, -0.15) is 0 Å². The number of likely N-dealkylation sites (N-methyl/N-ethyl adjacent to an activating group) is 1. The highest BCUT2D eigenvalue weighted by molar-refractivity contribution is 6.01. The van der Waals surface area contributed by atoms with Crippen molar-refractivity contribution in [1.82, 2.24) is 4.90 Å². The van der Waals surface area contributed by atoms with Gasteiger partial charge in [-0.3, -0.25) is 9.79 Å². The maximum Gasteiger partial charge on any atom is 0.333 e. The number of nitrogens with zero attached hydrogens (tertiary/aromatic N) is 2. The van der Waals surface area contributed by atoms with E-state index in [1.807, 2.05) is 0 Å². The molecule has 0 heterocycles. The number of carbonyl (C=O) groups is 2. The molecule has 0 saturated carbocycles. The Balaban J connectivity index is 4.47. The molecule has 0 aliphatic carbocycles. The zero-order valence-electron chi connectivity index (χ0n) is 9.48. The number of rotatable bonds is 4. The zero-order valence-corrected chi connectivity index (χ0v) is 9.48. The van der Waals surface area contributed by atoms with Gasteiger partial charge >= 0.3 is 5.97 Å². The van der Waals surface area contributed by atoms with Gasteiger partial charge in [-0.05, 0) is 13.8 Å². The zero-order chi connectivity index (χ0) is 11.8. The number of amides is 1. The Morgan fingerprint density at radius 2 is 2.07 bits per heavy atom. The molecule has 0 atom stereocenters. The first-order valence-electron chi connectivity index (χ1n) is 4.57. The van der Waals surface area contributed by atoms with Crippen molar-refractivity contribution in [1.29, 1.82) is 0 Å². The Morgan fingerprint density at radius 3 is 2.53 bits per heavy atom. The van der Waals surface area contributed by atoms with E-state index in [1.54, 1.807) is 21.0 Å². The molecule has 0 aliphatic rings. The van der Waals surface area contributed by atoms with Crippen molar-refractivity contribution in [2.24, 2.45) is 4.99 Å². The van der Waals surface area contributed by atoms with Gasteiger partial charge in [0.15, 0.2) is 0 Å². The molecule has 0 aromatic heterocycles. The molecule has 1 amide bonds. The summed E-state index contributed by atoms with van der Waals surface area (Å²) < 4.78 is 4.73. The van der Waals surface area contributed by atoms with E-state index in [4.69, 9.17) is 4.74 Å². The second-order valence-corrected chi connectivity index (χ2v) is 2.87. The SMILES string of the molecule is CCOC(=O)/C(C)=C/C(=O)N(C)C=NC. The van der Waals surface area contributed by atoms with E-state index < -0.39 is 5.97 Å². The van der Waals surface area contributed by atoms with Crippen molar-refractivity contribution in [2.45, 2.75) is 13.8 Å². The van der Waals surface area contributed by atoms with Crippen LogP contribution in [-0.4, -0.2) is 43.8 Å². The average molecular weight is 212 g/mol. The molecule has 0 saturated heterocycles. The summed E-state index contributed by atoms with van der Waals surface area (Å²) in [5.74, 6) is -0.793. The predicted octanol–water partition coefficient (Wildman–Crippen LogP) is 0.612. The van der Waals surface area contributed by atoms with Gasteiger partial charge in [-0.1, -0.05) is 0 Å². The van der Waals surface area contributed by atoms with E-state index in [2.05, 4.69) is 4.99 Å². The van der Waals surface area contributed by atoms with Crippen LogP contribution in [-0.2, 0) is 14.3 Å². The van der Waals surface area contributed by atoms with Gasteiger partial charge < -0.3 is 9.64 Å². The Bertz CT molecular complexity index is 295. The number of carbonyl (C=O) groups excluding carboxylic acids is 2. The smallest absolute Gasteiger partial charge is 0.333 e. The second-order valence-electron chi connectivity index (χ2n) is 2.87. The highest BCUT2D eigenvalue weighted by Gasteiger charge is 2.09. The lowest BCUT2D eigenvalue weighted by Crippen LogP contribution is -2.24. The molecule has 5 nitrogen and oxygen atoms in total. The molecule has 0 radical (unpaired) electrons. The van der Waals surface area contributed by atoms with E-state index in [0.29, 0.717) is 6.61 Å². The molecule has 0 unspecified atom stereocenters. The number of ether oxygens (including phenoxy) is 1. The average Bonchev–Trinajstić information content (AvgIpc) is 2.18. The van der Waals surface area contributed by atoms with Gasteiger partial charge in [0.2, 0.25) is 0 Å². The van der Waals surface area contributed by atoms with Gasteiger partial charge in [0.05, 0.1) is 12.9 Å². The topological polar surface area (TPSA) is 59.0 Å². The number of hydrogen-bond donors (Lipinski definition) is 0. The molecule has 0 aliphatic heterocycles. The van der Waals surface area contributed by atoms with Gasteiger partial charge in [-0.25, -0.2) is 4.79 Å². The molecule has 0 spiro atoms. The van der Waals surface area contributed by atoms with Crippen LogP contribution in [0.4, 0.5) is 0 Å². The summed E-state index contributed by atoms with van der Waals surface area (Å²) in [6.45, 7) is 3.54. The number of esters is 1. The van der Waals surface area contributed by atoms with Crippen molar-refractivity contribution >= 4 is 18.2 Å². The molecule has 84 valence electrons. The summed E-state index contributed by atoms with van der Waals surface area (Å²) in [6, 6.07) is 0. The Kier molecular flexibility index (Phi) is 6.01. The monoisotopic (exact) mass is 212 g/mol.